The molecule has 0 spiro atoms. The number of rotatable bonds is 2. The highest BCUT2D eigenvalue weighted by Gasteiger charge is 2.21. The zero-order chi connectivity index (χ0) is 16.6. The first-order chi connectivity index (χ1) is 11.0. The number of aromatic nitrogens is 1. The molecule has 3 N–H and O–H groups in total. The van der Waals surface area contributed by atoms with Crippen molar-refractivity contribution in [1.82, 2.24) is 4.57 Å². The number of fused-ring (bicyclic) bond motifs is 1. The number of hydrogen-bond donors (Lipinski definition) is 2. The summed E-state index contributed by atoms with van der Waals surface area (Å²) in [7, 11) is 0. The van der Waals surface area contributed by atoms with Gasteiger partial charge in [0.1, 0.15) is 0 Å². The van der Waals surface area contributed by atoms with Gasteiger partial charge in [-0.2, -0.15) is 0 Å². The van der Waals surface area contributed by atoms with Crippen LogP contribution in [0.1, 0.15) is 5.69 Å². The van der Waals surface area contributed by atoms with Crippen LogP contribution in [0.2, 0.25) is 5.02 Å². The van der Waals surface area contributed by atoms with Crippen LogP contribution in [0.15, 0.2) is 57.4 Å². The lowest BCUT2D eigenvalue weighted by Crippen LogP contribution is -2.23. The summed E-state index contributed by atoms with van der Waals surface area (Å²) in [6.45, 7) is 1.79. The van der Waals surface area contributed by atoms with Gasteiger partial charge in [-0.15, -0.1) is 0 Å². The van der Waals surface area contributed by atoms with Gasteiger partial charge in [-0.25, -0.2) is 4.39 Å². The molecule has 3 aromatic rings. The van der Waals surface area contributed by atoms with Crippen LogP contribution in [0.3, 0.4) is 0 Å². The summed E-state index contributed by atoms with van der Waals surface area (Å²) in [4.78, 5) is 1.83. The highest BCUT2D eigenvalue weighted by molar-refractivity contribution is 7.99. The van der Waals surface area contributed by atoms with Crippen LogP contribution < -0.4 is 5.73 Å². The van der Waals surface area contributed by atoms with E-state index < -0.39 is 5.82 Å². The Kier molecular flexibility index (Phi) is 4.19. The molecule has 0 radical (unpaired) electrons. The van der Waals surface area contributed by atoms with Gasteiger partial charge in [-0.3, -0.25) is 4.57 Å². The molecule has 118 valence electrons. The fourth-order valence-corrected chi connectivity index (χ4v) is 3.67. The molecule has 2 aromatic carbocycles. The third-order valence-electron chi connectivity index (χ3n) is 3.50. The Bertz CT molecular complexity index is 909. The second kappa shape index (κ2) is 6.14. The third kappa shape index (κ3) is 2.64. The van der Waals surface area contributed by atoms with Crippen molar-refractivity contribution in [2.45, 2.75) is 16.7 Å². The molecule has 3 rings (SSSR count). The second-order valence-corrected chi connectivity index (χ2v) is 6.37. The number of hydrogen-bond acceptors (Lipinski definition) is 3. The van der Waals surface area contributed by atoms with Gasteiger partial charge in [0.05, 0.1) is 10.5 Å². The number of halogens is 2. The smallest absolute Gasteiger partial charge is 0.242 e. The molecule has 1 aromatic heterocycles. The average molecular weight is 350 g/mol. The largest absolute Gasteiger partial charge is 0.408 e. The average Bonchev–Trinajstić information content (AvgIpc) is 2.84. The normalized spacial score (nSPS) is 12.0. The van der Waals surface area contributed by atoms with Gasteiger partial charge in [0.25, 0.3) is 0 Å². The Morgan fingerprint density at radius 1 is 1.26 bits per heavy atom. The zero-order valence-electron chi connectivity index (χ0n) is 12.1. The van der Waals surface area contributed by atoms with Gasteiger partial charge < -0.3 is 10.9 Å². The number of nitrogens with zero attached hydrogens (tertiary/aromatic N) is 2. The van der Waals surface area contributed by atoms with Gasteiger partial charge in [0, 0.05) is 20.9 Å². The summed E-state index contributed by atoms with van der Waals surface area (Å²) >= 11 is 7.38. The Balaban J connectivity index is 2.31. The fourth-order valence-electron chi connectivity index (χ4n) is 2.47. The molecule has 7 heteroatoms. The minimum atomic E-state index is -0.598. The summed E-state index contributed by atoms with van der Waals surface area (Å²) < 4.78 is 15.9. The standard InChI is InChI=1S/C16H13ClFN3OS/c1-9-15(23-10-5-3-2-4-6-10)11-7-8-12(17)13(18)14(11)21(9)16(19)20-22/h2-8,22H,1H3,(H2,19,20). The Morgan fingerprint density at radius 3 is 2.61 bits per heavy atom. The number of oxime groups is 1. The maximum atomic E-state index is 14.5. The molecule has 0 unspecified atom stereocenters. The quantitative estimate of drug-likeness (QED) is 0.311. The lowest BCUT2D eigenvalue weighted by atomic mass is 10.2. The van der Waals surface area contributed by atoms with Gasteiger partial charge in [0.2, 0.25) is 5.96 Å². The van der Waals surface area contributed by atoms with Gasteiger partial charge in [0.15, 0.2) is 5.82 Å². The molecule has 0 bridgehead atoms. The molecule has 0 amide bonds. The molecule has 0 atom stereocenters. The molecule has 1 heterocycles. The van der Waals surface area contributed by atoms with E-state index in [1.54, 1.807) is 13.0 Å². The lowest BCUT2D eigenvalue weighted by Gasteiger charge is -2.06. The summed E-state index contributed by atoms with van der Waals surface area (Å²) in [6.07, 6.45) is 0. The van der Waals surface area contributed by atoms with Gasteiger partial charge >= 0.3 is 0 Å². The fraction of sp³-hybridized carbons (Fsp3) is 0.0625. The van der Waals surface area contributed by atoms with Crippen molar-refractivity contribution >= 4 is 40.2 Å². The van der Waals surface area contributed by atoms with Crippen LogP contribution in [0, 0.1) is 12.7 Å². The van der Waals surface area contributed by atoms with Gasteiger partial charge in [-0.1, -0.05) is 46.7 Å². The first-order valence-electron chi connectivity index (χ1n) is 6.74. The zero-order valence-corrected chi connectivity index (χ0v) is 13.7. The van der Waals surface area contributed by atoms with Crippen molar-refractivity contribution < 1.29 is 9.60 Å². The summed E-state index contributed by atoms with van der Waals surface area (Å²) in [6, 6.07) is 12.9. The van der Waals surface area contributed by atoms with Crippen LogP contribution in [0.5, 0.6) is 0 Å². The number of benzene rings is 2. The Labute approximate surface area is 141 Å². The van der Waals surface area contributed by atoms with Crippen molar-refractivity contribution in [3.8, 4) is 0 Å². The van der Waals surface area contributed by atoms with E-state index in [4.69, 9.17) is 22.5 Å². The predicted molar refractivity (Wildman–Crippen MR) is 91.0 cm³/mol. The summed E-state index contributed by atoms with van der Waals surface area (Å²) in [5.41, 5.74) is 6.60. The minimum absolute atomic E-state index is 0.0155. The van der Waals surface area contributed by atoms with Crippen molar-refractivity contribution in [3.05, 3.63) is 59.0 Å². The second-order valence-electron chi connectivity index (χ2n) is 4.88. The van der Waals surface area contributed by atoms with E-state index in [2.05, 4.69) is 5.16 Å². The van der Waals surface area contributed by atoms with E-state index in [0.29, 0.717) is 11.1 Å². The predicted octanol–water partition coefficient (Wildman–Crippen LogP) is 4.45. The molecule has 0 saturated carbocycles. The van der Waals surface area contributed by atoms with Gasteiger partial charge in [-0.05, 0) is 31.2 Å². The van der Waals surface area contributed by atoms with E-state index in [-0.39, 0.29) is 16.5 Å². The molecule has 4 nitrogen and oxygen atoms in total. The minimum Gasteiger partial charge on any atom is -0.408 e. The van der Waals surface area contributed by atoms with E-state index in [1.807, 2.05) is 30.3 Å². The highest BCUT2D eigenvalue weighted by atomic mass is 35.5. The van der Waals surface area contributed by atoms with Crippen LogP contribution >= 0.6 is 23.4 Å². The first kappa shape index (κ1) is 15.7. The topological polar surface area (TPSA) is 63.5 Å². The van der Waals surface area contributed by atoms with Crippen LogP contribution in [0.4, 0.5) is 4.39 Å². The van der Waals surface area contributed by atoms with E-state index in [0.717, 1.165) is 9.79 Å². The Hall–Kier alpha value is -2.18. The van der Waals surface area contributed by atoms with Crippen molar-refractivity contribution in [1.29, 1.82) is 0 Å². The van der Waals surface area contributed by atoms with Crippen molar-refractivity contribution in [2.75, 3.05) is 0 Å². The van der Waals surface area contributed by atoms with Crippen LogP contribution in [0.25, 0.3) is 10.9 Å². The summed E-state index contributed by atoms with van der Waals surface area (Å²) in [5, 5.41) is 12.7. The van der Waals surface area contributed by atoms with E-state index in [1.165, 1.54) is 22.4 Å². The molecule has 0 fully saturated rings. The van der Waals surface area contributed by atoms with Crippen LogP contribution in [-0.4, -0.2) is 15.7 Å². The molecule has 23 heavy (non-hydrogen) atoms. The molecule has 0 aliphatic rings. The monoisotopic (exact) mass is 349 g/mol. The van der Waals surface area contributed by atoms with E-state index in [9.17, 15) is 4.39 Å². The lowest BCUT2D eigenvalue weighted by molar-refractivity contribution is 0.316. The third-order valence-corrected chi connectivity index (χ3v) is 5.02. The molecule has 0 saturated heterocycles. The van der Waals surface area contributed by atoms with Crippen molar-refractivity contribution in [3.63, 3.8) is 0 Å². The number of nitrogens with two attached hydrogens (primary N) is 1. The molecular formula is C16H13ClFN3OS. The molecule has 0 aliphatic heterocycles. The molecular weight excluding hydrogens is 337 g/mol. The molecule has 0 aliphatic carbocycles. The van der Waals surface area contributed by atoms with Crippen LogP contribution in [-0.2, 0) is 0 Å². The van der Waals surface area contributed by atoms with Crippen molar-refractivity contribution in [2.24, 2.45) is 10.9 Å². The summed E-state index contributed by atoms with van der Waals surface area (Å²) in [5.74, 6) is -0.813. The maximum absolute atomic E-state index is 14.5. The van der Waals surface area contributed by atoms with E-state index >= 15 is 0 Å². The SMILES string of the molecule is Cc1c(Sc2ccccc2)c2ccc(Cl)c(F)c2n1/C(N)=N/O. The first-order valence-corrected chi connectivity index (χ1v) is 7.94. The maximum Gasteiger partial charge on any atom is 0.242 e. The Morgan fingerprint density at radius 2 is 1.96 bits per heavy atom. The highest BCUT2D eigenvalue weighted by Crippen LogP contribution is 2.40.